The third-order valence-corrected chi connectivity index (χ3v) is 13.1. The van der Waals surface area contributed by atoms with Gasteiger partial charge in [0.2, 0.25) is 0 Å². The second kappa shape index (κ2) is 91.1. The first-order valence-corrected chi connectivity index (χ1v) is 43.1. The largest absolute Gasteiger partial charge is 0.453 e. The molecule has 0 aliphatic heterocycles. The highest BCUT2D eigenvalue weighted by molar-refractivity contribution is 5.85. The van der Waals surface area contributed by atoms with Crippen molar-refractivity contribution in [2.24, 2.45) is 141 Å². The number of ether oxygens (including phenoxy) is 6. The molecule has 30 amide bonds. The van der Waals surface area contributed by atoms with E-state index in [-0.39, 0.29) is 75.0 Å². The summed E-state index contributed by atoms with van der Waals surface area (Å²) in [5, 5.41) is 70.6. The van der Waals surface area contributed by atoms with Crippen LogP contribution in [0.4, 0.5) is 67.1 Å². The van der Waals surface area contributed by atoms with Gasteiger partial charge in [0.05, 0.1) is 38.4 Å². The maximum atomic E-state index is 11.4. The minimum Gasteiger partial charge on any atom is -0.447 e. The van der Waals surface area contributed by atoms with Crippen molar-refractivity contribution in [3.05, 3.63) is 73.9 Å². The second-order valence-electron chi connectivity index (χ2n) is 31.0. The lowest BCUT2D eigenvalue weighted by molar-refractivity contribution is -0.120. The van der Waals surface area contributed by atoms with Crippen molar-refractivity contribution in [3.63, 3.8) is 0 Å². The number of primary amides is 2. The number of carbonyl (C=O) groups excluding carboxylic acids is 22. The Hall–Kier alpha value is -16.0. The van der Waals surface area contributed by atoms with Gasteiger partial charge in [0, 0.05) is 122 Å². The molecule has 0 heterocycles. The molecule has 0 aromatic heterocycles. The predicted octanol–water partition coefficient (Wildman–Crippen LogP) is 19.1. The van der Waals surface area contributed by atoms with E-state index in [9.17, 15) is 105 Å². The second-order valence-corrected chi connectivity index (χ2v) is 31.0. The fraction of sp³-hybridized carbons (Fsp3) is 0.600. The van der Waals surface area contributed by atoms with Crippen LogP contribution in [0.3, 0.4) is 0 Å². The first kappa shape index (κ1) is 145. The third-order valence-electron chi connectivity index (χ3n) is 13.1. The first-order chi connectivity index (χ1) is 66.4. The van der Waals surface area contributed by atoms with Crippen LogP contribution in [0.1, 0.15) is 207 Å². The third kappa shape index (κ3) is 116. The van der Waals surface area contributed by atoms with E-state index in [2.05, 4.69) is 168 Å². The molecule has 5 N–H and O–H groups in total. The van der Waals surface area contributed by atoms with Gasteiger partial charge in [-0.1, -0.05) is 174 Å². The van der Waals surface area contributed by atoms with Crippen molar-refractivity contribution in [3.8, 4) is 0 Å². The van der Waals surface area contributed by atoms with Gasteiger partial charge in [-0.3, -0.25) is 38.4 Å². The molecule has 1 aromatic carbocycles. The summed E-state index contributed by atoms with van der Waals surface area (Å²) >= 11 is 0. The summed E-state index contributed by atoms with van der Waals surface area (Å²) in [7, 11) is 13.5. The quantitative estimate of drug-likeness (QED) is 0.0584. The summed E-state index contributed by atoms with van der Waals surface area (Å²) in [5.41, 5.74) is 9.13. The molecule has 143 heavy (non-hydrogen) atoms. The smallest absolute Gasteiger partial charge is 0.447 e. The minimum atomic E-state index is -0.987. The monoisotopic (exact) mass is 2030 g/mol. The van der Waals surface area contributed by atoms with Gasteiger partial charge < -0.3 is 69.7 Å². The number of benzene rings is 1. The highest BCUT2D eigenvalue weighted by Crippen LogP contribution is 2.27. The summed E-state index contributed by atoms with van der Waals surface area (Å²) in [6.07, 6.45) is 7.66. The number of nitrogens with two attached hydrogens (primary N) is 2. The highest BCUT2D eigenvalue weighted by Gasteiger charge is 2.21. The Morgan fingerprint density at radius 3 is 1.07 bits per heavy atom. The average molecular weight is 2030 g/mol. The van der Waals surface area contributed by atoms with Crippen LogP contribution in [-0.4, -0.2) is 271 Å². The lowest BCUT2D eigenvalue weighted by Gasteiger charge is -2.19. The van der Waals surface area contributed by atoms with Gasteiger partial charge in [0.1, 0.15) is 5.60 Å². The van der Waals surface area contributed by atoms with Gasteiger partial charge in [-0.05, 0) is 125 Å². The molecule has 0 bridgehead atoms. The lowest BCUT2D eigenvalue weighted by Crippen LogP contribution is -2.27. The van der Waals surface area contributed by atoms with E-state index in [1.54, 1.807) is 99.6 Å². The van der Waals surface area contributed by atoms with E-state index in [4.69, 9.17) is 9.47 Å². The van der Waals surface area contributed by atoms with Gasteiger partial charge in [-0.2, -0.15) is 0 Å². The van der Waals surface area contributed by atoms with E-state index in [1.165, 1.54) is 121 Å². The van der Waals surface area contributed by atoms with E-state index in [0.29, 0.717) is 44.7 Å². The molecule has 0 spiro atoms. The number of allylic oxidation sites excluding steroid dienone is 2. The number of azo groups is 11. The molecule has 0 atom stereocenters. The number of nitrogens with zero attached hydrogens (tertiary/aromatic N) is 27. The summed E-state index contributed by atoms with van der Waals surface area (Å²) in [4.78, 5) is 242. The van der Waals surface area contributed by atoms with E-state index in [1.807, 2.05) is 59.7 Å². The molecule has 1 fully saturated rings. The first-order valence-electron chi connectivity index (χ1n) is 43.1. The van der Waals surface area contributed by atoms with Crippen LogP contribution in [0.2, 0.25) is 0 Å². The number of amides is 30. The minimum absolute atomic E-state index is 0.129. The predicted molar refractivity (Wildman–Crippen MR) is 512 cm³/mol. The number of hydrogen-bond acceptors (Lipinski definition) is 28. The molecule has 1 aliphatic rings. The summed E-state index contributed by atoms with van der Waals surface area (Å²) in [5.74, 6) is -2.85. The van der Waals surface area contributed by atoms with Crippen molar-refractivity contribution in [1.29, 1.82) is 0 Å². The van der Waals surface area contributed by atoms with E-state index < -0.39 is 132 Å². The molecule has 0 saturated heterocycles. The fourth-order valence-corrected chi connectivity index (χ4v) is 7.15. The van der Waals surface area contributed by atoms with Crippen LogP contribution in [0.15, 0.2) is 181 Å². The van der Waals surface area contributed by atoms with Crippen LogP contribution in [0.25, 0.3) is 0 Å². The van der Waals surface area contributed by atoms with Crippen LogP contribution in [-0.2, 0) is 73.2 Å². The van der Waals surface area contributed by atoms with E-state index in [0.717, 1.165) is 18.4 Å². The maximum Gasteiger partial charge on any atom is 0.453 e. The Balaban J connectivity index is -0.000000198. The normalized spacial score (nSPS) is 11.3. The average Bonchev–Trinajstić information content (AvgIpc) is 0.910. The topological polar surface area (TPSA) is 783 Å². The SMILES string of the molecule is C=CCCC(=O)N=NC(=O)OCC.C=CCCC(=O)N=NC(=O)OCC.C=CCN(CC)C(=O)N=NC(C)=O.CC(=O)N=NC(=O)N(C)C.CC(C)(C)CC(=O)N=NC(=O)OC(C)(C)C.CC(C)CC(=O)N=NC(=O)OC(C)C.CC(C)OC(=O)N=NC(=O)CC1CCCCC1.CCOC(=O)N=NC(=O)Cc1ccccc1.CN(C)C(=O)N=NC(=O)N(C)C.CN(C)C(=O)N=NC(N)=O.CNC(=O)N=NC(N)=O. The standard InChI is InChI=1S/C12H20N2O3.C11H12N2O3.C11H20N2O3.C9H16N2O3.C8H13N3O2.2C8H12N2O3.C6H12N4O2.C5H9N3O2.C4H8N4O2.C3H6N4O2/c1-9(2)17-12(16)14-13-11(15)8-10-6-4-3-5-7-10;1-2-16-11(15)13-12-10(14)8-9-6-4-3-5-7-9;1-10(2,3)7-8(14)12-13-9(15)16-11(4,5)6;1-6(2)5-8(12)10-11-9(13)14-7(3)4;1-4-6-11(5-2)8(13)10-9-7(3)12;2*1-3-5-6-7(11)9-10-8(12)13-4-2;1-9(2)5(11)7-8-6(12)10(3)4;1-4(9)6-7-5(10)8(2)3;1-8(2)4(10)7-6-3(5)9;1-5-3(9)7-6-2(4)8/h9-10H,3-8H2,1-2H3;3-7H,2,8H2,1H3;7H2,1-6H3;6-7H,5H2,1-4H3;4H,1,5-6H2,2-3H3;2*3H,1,4-6H2,2H3;1-4H3;1-3H3;1-2H3,(H2,5,9);1H3,(H2,4,8)(H,5,9). The molecular weight excluding hydrogens is 1890 g/mol. The molecular formula is C85H140N30O28. The summed E-state index contributed by atoms with van der Waals surface area (Å²) in [6, 6.07) is 3.68. The van der Waals surface area contributed by atoms with Crippen LogP contribution in [0, 0.1) is 17.3 Å². The lowest BCUT2D eigenvalue weighted by atomic mass is 9.87. The van der Waals surface area contributed by atoms with Gasteiger partial charge in [-0.15, -0.1) is 60.7 Å². The Morgan fingerprint density at radius 2 is 0.748 bits per heavy atom. The Bertz CT molecular complexity index is 4360. The molecule has 1 aliphatic carbocycles. The van der Waals surface area contributed by atoms with Gasteiger partial charge in [0.15, 0.2) is 0 Å². The molecule has 0 unspecified atom stereocenters. The van der Waals surface area contributed by atoms with Gasteiger partial charge >= 0.3 is 84.8 Å². The molecule has 0 radical (unpaired) electrons. The Kier molecular flexibility index (Phi) is 92.2. The Morgan fingerprint density at radius 1 is 0.413 bits per heavy atom. The molecule has 1 saturated carbocycles. The summed E-state index contributed by atoms with van der Waals surface area (Å²) in [6.45, 7) is 42.7. The number of nitrogens with one attached hydrogen (secondary N) is 1. The van der Waals surface area contributed by atoms with Crippen molar-refractivity contribution in [1.82, 2.24) is 29.8 Å². The summed E-state index contributed by atoms with van der Waals surface area (Å²) < 4.78 is 27.6. The van der Waals surface area contributed by atoms with Crippen LogP contribution < -0.4 is 16.8 Å². The van der Waals surface area contributed by atoms with Gasteiger partial charge in [-0.25, -0.2) is 67.1 Å². The fourth-order valence-electron chi connectivity index (χ4n) is 7.15. The number of urea groups is 8. The molecule has 58 nitrogen and oxygen atoms in total. The van der Waals surface area contributed by atoms with Crippen molar-refractivity contribution < 1.29 is 134 Å². The number of hydrogen-bond donors (Lipinski definition) is 3. The molecule has 798 valence electrons. The molecule has 58 heteroatoms. The van der Waals surface area contributed by atoms with Crippen LogP contribution >= 0.6 is 0 Å². The number of carbonyl (C=O) groups is 22. The Labute approximate surface area is 829 Å². The van der Waals surface area contributed by atoms with Crippen molar-refractivity contribution in [2.45, 2.75) is 226 Å². The van der Waals surface area contributed by atoms with Crippen LogP contribution in [0.5, 0.6) is 0 Å². The number of likely N-dealkylation sites (N-methyl/N-ethyl adjacent to an activating group) is 1. The molecule has 2 rings (SSSR count). The zero-order chi connectivity index (χ0) is 112. The van der Waals surface area contributed by atoms with Gasteiger partial charge in [0.25, 0.3) is 47.3 Å². The van der Waals surface area contributed by atoms with Crippen molar-refractivity contribution in [2.75, 3.05) is 96.3 Å². The highest BCUT2D eigenvalue weighted by atomic mass is 16.6. The zero-order valence-corrected chi connectivity index (χ0v) is 86.4. The zero-order valence-electron chi connectivity index (χ0n) is 86.4. The maximum absolute atomic E-state index is 11.4. The molecule has 1 aromatic rings. The van der Waals surface area contributed by atoms with Crippen molar-refractivity contribution >= 4 is 132 Å². The van der Waals surface area contributed by atoms with E-state index >= 15 is 0 Å². The number of rotatable bonds is 21.